The Balaban J connectivity index is 2.27. The van der Waals surface area contributed by atoms with Crippen molar-refractivity contribution in [3.05, 3.63) is 23.8 Å². The average Bonchev–Trinajstić information content (AvgIpc) is 2.38. The number of likely N-dealkylation sites (tertiary alicyclic amines) is 1. The van der Waals surface area contributed by atoms with E-state index >= 15 is 0 Å². The summed E-state index contributed by atoms with van der Waals surface area (Å²) in [6, 6.07) is 2.43. The quantitative estimate of drug-likeness (QED) is 0.884. The van der Waals surface area contributed by atoms with Crippen molar-refractivity contribution in [2.45, 2.75) is 39.2 Å². The maximum absolute atomic E-state index is 5.96. The third kappa shape index (κ3) is 2.87. The highest BCUT2D eigenvalue weighted by molar-refractivity contribution is 5.10. The van der Waals surface area contributed by atoms with E-state index in [0.29, 0.717) is 12.0 Å². The summed E-state index contributed by atoms with van der Waals surface area (Å²) in [6.07, 6.45) is 5.51. The molecule has 2 unspecified atom stereocenters. The number of nitrogens with two attached hydrogens (primary N) is 1. The molecule has 1 aliphatic heterocycles. The van der Waals surface area contributed by atoms with E-state index < -0.39 is 0 Å². The molecule has 1 aromatic rings. The topological polar surface area (TPSA) is 55.0 Å². The van der Waals surface area contributed by atoms with E-state index in [-0.39, 0.29) is 0 Å². The van der Waals surface area contributed by atoms with Gasteiger partial charge in [0.05, 0.1) is 11.7 Å². The first-order valence-corrected chi connectivity index (χ1v) is 7.00. The fourth-order valence-electron chi connectivity index (χ4n) is 3.00. The predicted octanol–water partition coefficient (Wildman–Crippen LogP) is 1.91. The molecule has 2 heterocycles. The molecule has 2 rings (SSSR count). The smallest absolute Gasteiger partial charge is 0.125 e. The minimum absolute atomic E-state index is 0.380. The summed E-state index contributed by atoms with van der Waals surface area (Å²) in [7, 11) is 0. The first-order valence-electron chi connectivity index (χ1n) is 7.00. The second-order valence-electron chi connectivity index (χ2n) is 5.15. The van der Waals surface area contributed by atoms with Gasteiger partial charge in [-0.3, -0.25) is 4.90 Å². The first-order chi connectivity index (χ1) is 8.76. The molecular formula is C14H24N4. The zero-order valence-corrected chi connectivity index (χ0v) is 11.5. The van der Waals surface area contributed by atoms with Crippen LogP contribution in [0.1, 0.15) is 43.7 Å². The van der Waals surface area contributed by atoms with Crippen LogP contribution in [0.3, 0.4) is 0 Å². The monoisotopic (exact) mass is 248 g/mol. The molecule has 2 atom stereocenters. The van der Waals surface area contributed by atoms with Crippen molar-refractivity contribution in [2.24, 2.45) is 11.7 Å². The average molecular weight is 248 g/mol. The summed E-state index contributed by atoms with van der Waals surface area (Å²) >= 11 is 0. The Morgan fingerprint density at radius 2 is 2.33 bits per heavy atom. The summed E-state index contributed by atoms with van der Waals surface area (Å²) < 4.78 is 0. The third-order valence-corrected chi connectivity index (χ3v) is 3.77. The number of hydrogen-bond donors (Lipinski definition) is 1. The maximum Gasteiger partial charge on any atom is 0.125 e. The van der Waals surface area contributed by atoms with Gasteiger partial charge < -0.3 is 5.73 Å². The van der Waals surface area contributed by atoms with E-state index in [0.717, 1.165) is 31.2 Å². The van der Waals surface area contributed by atoms with E-state index in [2.05, 4.69) is 21.8 Å². The number of nitrogens with zero attached hydrogens (tertiary/aromatic N) is 3. The van der Waals surface area contributed by atoms with Gasteiger partial charge in [-0.15, -0.1) is 0 Å². The number of aryl methyl sites for hydroxylation is 1. The Hall–Kier alpha value is -1.00. The van der Waals surface area contributed by atoms with Crippen LogP contribution in [0.4, 0.5) is 0 Å². The standard InChI is InChI=1S/C14H24N4/c1-3-8-18-9-4-5-12(10-15)14(18)13-6-7-16-11(2)17-13/h6-7,12,14H,3-5,8-10,15H2,1-2H3. The molecule has 4 heteroatoms. The zero-order valence-electron chi connectivity index (χ0n) is 11.5. The highest BCUT2D eigenvalue weighted by atomic mass is 15.2. The third-order valence-electron chi connectivity index (χ3n) is 3.77. The lowest BCUT2D eigenvalue weighted by Gasteiger charge is -2.40. The Morgan fingerprint density at radius 3 is 3.00 bits per heavy atom. The van der Waals surface area contributed by atoms with Gasteiger partial charge >= 0.3 is 0 Å². The van der Waals surface area contributed by atoms with Crippen molar-refractivity contribution >= 4 is 0 Å². The van der Waals surface area contributed by atoms with Crippen LogP contribution in [0.15, 0.2) is 12.3 Å². The highest BCUT2D eigenvalue weighted by Crippen LogP contribution is 2.34. The summed E-state index contributed by atoms with van der Waals surface area (Å²) in [5.74, 6) is 1.38. The molecule has 0 aromatic carbocycles. The van der Waals surface area contributed by atoms with E-state index in [4.69, 9.17) is 5.73 Å². The Labute approximate surface area is 110 Å². The zero-order chi connectivity index (χ0) is 13.0. The molecule has 1 aliphatic rings. The van der Waals surface area contributed by atoms with Crippen molar-refractivity contribution in [1.82, 2.24) is 14.9 Å². The van der Waals surface area contributed by atoms with E-state index in [1.54, 1.807) is 0 Å². The number of hydrogen-bond acceptors (Lipinski definition) is 4. The molecule has 2 N–H and O–H groups in total. The summed E-state index contributed by atoms with van der Waals surface area (Å²) in [4.78, 5) is 11.4. The summed E-state index contributed by atoms with van der Waals surface area (Å²) in [5.41, 5.74) is 7.10. The van der Waals surface area contributed by atoms with Gasteiger partial charge in [0.2, 0.25) is 0 Å². The number of rotatable bonds is 4. The van der Waals surface area contributed by atoms with Crippen molar-refractivity contribution < 1.29 is 0 Å². The van der Waals surface area contributed by atoms with Crippen molar-refractivity contribution in [2.75, 3.05) is 19.6 Å². The lowest BCUT2D eigenvalue weighted by atomic mass is 9.87. The van der Waals surface area contributed by atoms with Crippen LogP contribution in [0.25, 0.3) is 0 Å². The Kier molecular flexibility index (Phi) is 4.66. The van der Waals surface area contributed by atoms with Crippen LogP contribution in [-0.2, 0) is 0 Å². The van der Waals surface area contributed by atoms with Gasteiger partial charge in [-0.2, -0.15) is 0 Å². The first kappa shape index (κ1) is 13.4. The van der Waals surface area contributed by atoms with Gasteiger partial charge in [0.1, 0.15) is 5.82 Å². The molecule has 0 aliphatic carbocycles. The van der Waals surface area contributed by atoms with Crippen LogP contribution in [0.2, 0.25) is 0 Å². The van der Waals surface area contributed by atoms with Gasteiger partial charge in [0.25, 0.3) is 0 Å². The summed E-state index contributed by atoms with van der Waals surface area (Å²) in [6.45, 7) is 7.22. The number of aromatic nitrogens is 2. The summed E-state index contributed by atoms with van der Waals surface area (Å²) in [5, 5.41) is 0. The fourth-order valence-corrected chi connectivity index (χ4v) is 3.00. The minimum atomic E-state index is 0.380. The molecule has 0 amide bonds. The fraction of sp³-hybridized carbons (Fsp3) is 0.714. The minimum Gasteiger partial charge on any atom is -0.330 e. The van der Waals surface area contributed by atoms with Crippen LogP contribution < -0.4 is 5.73 Å². The predicted molar refractivity (Wildman–Crippen MR) is 73.2 cm³/mol. The largest absolute Gasteiger partial charge is 0.330 e. The van der Waals surface area contributed by atoms with Gasteiger partial charge in [-0.25, -0.2) is 9.97 Å². The van der Waals surface area contributed by atoms with Crippen molar-refractivity contribution in [3.8, 4) is 0 Å². The molecular weight excluding hydrogens is 224 g/mol. The van der Waals surface area contributed by atoms with Gasteiger partial charge in [-0.05, 0) is 57.8 Å². The lowest BCUT2D eigenvalue weighted by Crippen LogP contribution is -2.42. The SMILES string of the molecule is CCCN1CCCC(CN)C1c1ccnc(C)n1. The van der Waals surface area contributed by atoms with Crippen molar-refractivity contribution in [1.29, 1.82) is 0 Å². The molecule has 100 valence electrons. The number of piperidine rings is 1. The van der Waals surface area contributed by atoms with Crippen LogP contribution in [0, 0.1) is 12.8 Å². The van der Waals surface area contributed by atoms with Crippen LogP contribution in [-0.4, -0.2) is 34.5 Å². The molecule has 1 saturated heterocycles. The van der Waals surface area contributed by atoms with Gasteiger partial charge in [0, 0.05) is 6.20 Å². The van der Waals surface area contributed by atoms with Gasteiger partial charge in [-0.1, -0.05) is 6.92 Å². The molecule has 18 heavy (non-hydrogen) atoms. The lowest BCUT2D eigenvalue weighted by molar-refractivity contribution is 0.0928. The molecule has 0 bridgehead atoms. The van der Waals surface area contributed by atoms with E-state index in [1.807, 2.05) is 19.2 Å². The molecule has 1 fully saturated rings. The second kappa shape index (κ2) is 6.25. The normalized spacial score (nSPS) is 25.3. The Morgan fingerprint density at radius 1 is 1.50 bits per heavy atom. The molecule has 0 radical (unpaired) electrons. The molecule has 0 saturated carbocycles. The van der Waals surface area contributed by atoms with Crippen LogP contribution >= 0.6 is 0 Å². The second-order valence-corrected chi connectivity index (χ2v) is 5.15. The van der Waals surface area contributed by atoms with E-state index in [1.165, 1.54) is 19.3 Å². The maximum atomic E-state index is 5.96. The van der Waals surface area contributed by atoms with Gasteiger partial charge in [0.15, 0.2) is 0 Å². The highest BCUT2D eigenvalue weighted by Gasteiger charge is 2.32. The van der Waals surface area contributed by atoms with Crippen molar-refractivity contribution in [3.63, 3.8) is 0 Å². The van der Waals surface area contributed by atoms with E-state index in [9.17, 15) is 0 Å². The van der Waals surface area contributed by atoms with Crippen LogP contribution in [0.5, 0.6) is 0 Å². The molecule has 4 nitrogen and oxygen atoms in total. The molecule has 1 aromatic heterocycles. The Bertz CT molecular complexity index is 378. The molecule has 0 spiro atoms.